The Labute approximate surface area is 168 Å². The normalized spacial score (nSPS) is 13.7. The van der Waals surface area contributed by atoms with Crippen molar-refractivity contribution in [2.24, 2.45) is 0 Å². The Morgan fingerprint density at radius 2 is 1.54 bits per heavy atom. The number of hydrogen-bond acceptors (Lipinski definition) is 1. The van der Waals surface area contributed by atoms with Gasteiger partial charge < -0.3 is 0 Å². The molecule has 0 aromatic heterocycles. The lowest BCUT2D eigenvalue weighted by Gasteiger charge is -2.13. The van der Waals surface area contributed by atoms with Gasteiger partial charge in [0.25, 0.3) is 0 Å². The molecular formula is C26H29N2+. The van der Waals surface area contributed by atoms with Gasteiger partial charge in [-0.05, 0) is 48.6 Å². The van der Waals surface area contributed by atoms with Gasteiger partial charge in [0.1, 0.15) is 26.2 Å². The molecule has 2 nitrogen and oxygen atoms in total. The van der Waals surface area contributed by atoms with E-state index in [9.17, 15) is 0 Å². The molecule has 0 fully saturated rings. The second kappa shape index (κ2) is 8.02. The van der Waals surface area contributed by atoms with E-state index < -0.39 is 0 Å². The molecule has 0 aliphatic carbocycles. The van der Waals surface area contributed by atoms with Crippen molar-refractivity contribution in [1.82, 2.24) is 4.90 Å². The van der Waals surface area contributed by atoms with Gasteiger partial charge >= 0.3 is 0 Å². The number of aryl methyl sites for hydroxylation is 3. The maximum atomic E-state index is 2.45. The zero-order valence-electron chi connectivity index (χ0n) is 17.2. The molecule has 0 unspecified atom stereocenters. The Hall–Kier alpha value is -2.87. The fourth-order valence-corrected chi connectivity index (χ4v) is 4.28. The summed E-state index contributed by atoms with van der Waals surface area (Å²) in [6, 6.07) is 24.1. The Balaban J connectivity index is 1.52. The largest absolute Gasteiger partial charge is 0.260 e. The Morgan fingerprint density at radius 3 is 2.29 bits per heavy atom. The molecule has 0 saturated carbocycles. The van der Waals surface area contributed by atoms with Crippen molar-refractivity contribution in [2.75, 3.05) is 13.1 Å². The fourth-order valence-electron chi connectivity index (χ4n) is 4.28. The van der Waals surface area contributed by atoms with Crippen LogP contribution < -0.4 is 0 Å². The summed E-state index contributed by atoms with van der Waals surface area (Å²) in [5.74, 6) is 0. The van der Waals surface area contributed by atoms with Crippen LogP contribution in [0, 0.1) is 20.8 Å². The van der Waals surface area contributed by atoms with E-state index in [-0.39, 0.29) is 0 Å². The molecule has 142 valence electrons. The molecule has 0 atom stereocenters. The van der Waals surface area contributed by atoms with E-state index >= 15 is 0 Å². The van der Waals surface area contributed by atoms with Crippen LogP contribution in [0.4, 0.5) is 0 Å². The van der Waals surface area contributed by atoms with Crippen molar-refractivity contribution < 1.29 is 4.58 Å². The Morgan fingerprint density at radius 1 is 0.857 bits per heavy atom. The van der Waals surface area contributed by atoms with Crippen LogP contribution >= 0.6 is 0 Å². The Kier molecular flexibility index (Phi) is 5.29. The molecule has 3 aromatic rings. The van der Waals surface area contributed by atoms with Gasteiger partial charge in [-0.1, -0.05) is 72.3 Å². The maximum absolute atomic E-state index is 2.45. The summed E-state index contributed by atoms with van der Waals surface area (Å²) in [5, 5.41) is 0. The minimum atomic E-state index is 0.952. The first kappa shape index (κ1) is 18.5. The van der Waals surface area contributed by atoms with Crippen LogP contribution in [-0.4, -0.2) is 28.9 Å². The lowest BCUT2D eigenvalue weighted by molar-refractivity contribution is -0.530. The predicted octanol–water partition coefficient (Wildman–Crippen LogP) is 5.34. The molecule has 2 heteroatoms. The second-order valence-electron chi connectivity index (χ2n) is 7.96. The molecule has 0 bridgehead atoms. The van der Waals surface area contributed by atoms with E-state index in [0.717, 1.165) is 26.2 Å². The van der Waals surface area contributed by atoms with Crippen molar-refractivity contribution in [3.8, 4) is 11.1 Å². The van der Waals surface area contributed by atoms with E-state index in [1.165, 1.54) is 38.9 Å². The van der Waals surface area contributed by atoms with Gasteiger partial charge in [0.15, 0.2) is 0 Å². The van der Waals surface area contributed by atoms with E-state index in [1.807, 2.05) is 0 Å². The predicted molar refractivity (Wildman–Crippen MR) is 118 cm³/mol. The van der Waals surface area contributed by atoms with Gasteiger partial charge in [0, 0.05) is 5.56 Å². The number of nitrogens with zero attached hydrogens (tertiary/aromatic N) is 2. The third kappa shape index (κ3) is 4.01. The summed E-state index contributed by atoms with van der Waals surface area (Å²) >= 11 is 0. The quantitative estimate of drug-likeness (QED) is 0.551. The molecular weight excluding hydrogens is 340 g/mol. The summed E-state index contributed by atoms with van der Waals surface area (Å²) in [5.41, 5.74) is 9.63. The van der Waals surface area contributed by atoms with Gasteiger partial charge in [-0.15, -0.1) is 0 Å². The Bertz CT molecular complexity index is 979. The molecule has 0 amide bonds. The lowest BCUT2D eigenvalue weighted by atomic mass is 9.99. The minimum Gasteiger partial charge on any atom is -0.260 e. The van der Waals surface area contributed by atoms with E-state index in [2.05, 4.69) is 103 Å². The van der Waals surface area contributed by atoms with Crippen molar-refractivity contribution in [2.45, 2.75) is 33.9 Å². The topological polar surface area (TPSA) is 6.25 Å². The second-order valence-corrected chi connectivity index (χ2v) is 7.96. The monoisotopic (exact) mass is 369 g/mol. The number of benzene rings is 3. The average molecular weight is 370 g/mol. The highest BCUT2D eigenvalue weighted by molar-refractivity contribution is 5.67. The molecule has 0 N–H and O–H groups in total. The lowest BCUT2D eigenvalue weighted by Crippen LogP contribution is -2.20. The van der Waals surface area contributed by atoms with Crippen LogP contribution in [0.3, 0.4) is 0 Å². The molecule has 1 aliphatic rings. The van der Waals surface area contributed by atoms with Crippen molar-refractivity contribution in [3.63, 3.8) is 0 Å². The highest BCUT2D eigenvalue weighted by Gasteiger charge is 2.21. The zero-order valence-corrected chi connectivity index (χ0v) is 17.2. The molecule has 1 aliphatic heterocycles. The standard InChI is InChI=1S/C26H29N2/c1-20-15-21(2)26(22(3)16-20)18-28-14-13-27(19-28)17-24-11-7-8-12-25(24)23-9-5-4-6-10-23/h4-12,15-16,19H,13-14,17-18H2,1-3H3/q+1. The first-order chi connectivity index (χ1) is 13.6. The zero-order chi connectivity index (χ0) is 19.5. The van der Waals surface area contributed by atoms with E-state index in [0.29, 0.717) is 0 Å². The highest BCUT2D eigenvalue weighted by atomic mass is 15.3. The van der Waals surface area contributed by atoms with Crippen LogP contribution in [0.1, 0.15) is 27.8 Å². The smallest absolute Gasteiger partial charge is 0.234 e. The van der Waals surface area contributed by atoms with Crippen LogP contribution in [-0.2, 0) is 13.1 Å². The molecule has 28 heavy (non-hydrogen) atoms. The van der Waals surface area contributed by atoms with Gasteiger partial charge in [0.05, 0.1) is 0 Å². The number of rotatable bonds is 5. The van der Waals surface area contributed by atoms with E-state index in [1.54, 1.807) is 0 Å². The average Bonchev–Trinajstić information content (AvgIpc) is 3.13. The van der Waals surface area contributed by atoms with Crippen molar-refractivity contribution >= 4 is 6.34 Å². The molecule has 0 saturated heterocycles. The van der Waals surface area contributed by atoms with Gasteiger partial charge in [-0.2, -0.15) is 0 Å². The first-order valence-corrected chi connectivity index (χ1v) is 10.1. The van der Waals surface area contributed by atoms with Crippen LogP contribution in [0.2, 0.25) is 0 Å². The third-order valence-corrected chi connectivity index (χ3v) is 5.68. The molecule has 0 spiro atoms. The molecule has 1 heterocycles. The highest BCUT2D eigenvalue weighted by Crippen LogP contribution is 2.24. The van der Waals surface area contributed by atoms with Crippen LogP contribution in [0.25, 0.3) is 11.1 Å². The van der Waals surface area contributed by atoms with Crippen molar-refractivity contribution in [3.05, 3.63) is 94.5 Å². The molecule has 0 radical (unpaired) electrons. The summed E-state index contributed by atoms with van der Waals surface area (Å²) < 4.78 is 2.45. The molecule has 4 rings (SSSR count). The third-order valence-electron chi connectivity index (χ3n) is 5.68. The van der Waals surface area contributed by atoms with Gasteiger partial charge in [-0.3, -0.25) is 9.48 Å². The minimum absolute atomic E-state index is 0.952. The van der Waals surface area contributed by atoms with Crippen LogP contribution in [0.15, 0.2) is 66.7 Å². The number of hydrogen-bond donors (Lipinski definition) is 0. The van der Waals surface area contributed by atoms with Gasteiger partial charge in [0.2, 0.25) is 6.34 Å². The SMILES string of the molecule is Cc1cc(C)c(CN2C=[N+](Cc3ccccc3-c3ccccc3)CC2)c(C)c1. The van der Waals surface area contributed by atoms with Gasteiger partial charge in [-0.25, -0.2) is 0 Å². The summed E-state index contributed by atoms with van der Waals surface area (Å²) in [7, 11) is 0. The van der Waals surface area contributed by atoms with E-state index in [4.69, 9.17) is 0 Å². The summed E-state index contributed by atoms with van der Waals surface area (Å²) in [6.07, 6.45) is 2.32. The molecule has 3 aromatic carbocycles. The summed E-state index contributed by atoms with van der Waals surface area (Å²) in [4.78, 5) is 2.45. The first-order valence-electron chi connectivity index (χ1n) is 10.1. The summed E-state index contributed by atoms with van der Waals surface area (Å²) in [6.45, 7) is 10.8. The van der Waals surface area contributed by atoms with Crippen LogP contribution in [0.5, 0.6) is 0 Å². The fraction of sp³-hybridized carbons (Fsp3) is 0.269. The van der Waals surface area contributed by atoms with Crippen molar-refractivity contribution in [1.29, 1.82) is 0 Å². The maximum Gasteiger partial charge on any atom is 0.234 e.